The van der Waals surface area contributed by atoms with Crippen LogP contribution in [0.25, 0.3) is 0 Å². The molecule has 0 saturated heterocycles. The number of hydrazine groups is 1. The summed E-state index contributed by atoms with van der Waals surface area (Å²) in [5, 5.41) is 0.429. The first-order valence-corrected chi connectivity index (χ1v) is 5.40. The highest BCUT2D eigenvalue weighted by atomic mass is 35.5. The lowest BCUT2D eigenvalue weighted by atomic mass is 9.97. The van der Waals surface area contributed by atoms with Crippen LogP contribution in [-0.2, 0) is 0 Å². The van der Waals surface area contributed by atoms with E-state index in [4.69, 9.17) is 21.9 Å². The maximum absolute atomic E-state index is 5.73. The van der Waals surface area contributed by atoms with Gasteiger partial charge in [0.1, 0.15) is 5.76 Å². The first-order valence-electron chi connectivity index (χ1n) is 5.02. The molecule has 78 valence electrons. The summed E-state index contributed by atoms with van der Waals surface area (Å²) < 4.78 is 5.37. The van der Waals surface area contributed by atoms with Gasteiger partial charge in [-0.05, 0) is 42.5 Å². The second-order valence-electron chi connectivity index (χ2n) is 3.83. The summed E-state index contributed by atoms with van der Waals surface area (Å²) in [6.07, 6.45) is 5.01. The van der Waals surface area contributed by atoms with Crippen LogP contribution in [0, 0.1) is 5.92 Å². The summed E-state index contributed by atoms with van der Waals surface area (Å²) >= 11 is 5.73. The average molecular weight is 215 g/mol. The molecule has 1 aliphatic rings. The summed E-state index contributed by atoms with van der Waals surface area (Å²) in [7, 11) is 0. The van der Waals surface area contributed by atoms with Crippen LogP contribution < -0.4 is 11.3 Å². The van der Waals surface area contributed by atoms with Gasteiger partial charge in [0.05, 0.1) is 6.04 Å². The van der Waals surface area contributed by atoms with E-state index in [0.717, 1.165) is 5.76 Å². The van der Waals surface area contributed by atoms with Gasteiger partial charge in [0.15, 0.2) is 5.22 Å². The van der Waals surface area contributed by atoms with E-state index in [-0.39, 0.29) is 6.04 Å². The van der Waals surface area contributed by atoms with E-state index >= 15 is 0 Å². The highest BCUT2D eigenvalue weighted by Crippen LogP contribution is 2.36. The van der Waals surface area contributed by atoms with Crippen LogP contribution in [0.5, 0.6) is 0 Å². The van der Waals surface area contributed by atoms with Crippen molar-refractivity contribution < 1.29 is 4.42 Å². The Morgan fingerprint density at radius 1 is 1.43 bits per heavy atom. The van der Waals surface area contributed by atoms with Crippen LogP contribution in [0.3, 0.4) is 0 Å². The summed E-state index contributed by atoms with van der Waals surface area (Å²) in [5.41, 5.74) is 2.82. The van der Waals surface area contributed by atoms with E-state index in [1.807, 2.05) is 6.07 Å². The number of furan rings is 1. The molecule has 14 heavy (non-hydrogen) atoms. The van der Waals surface area contributed by atoms with Gasteiger partial charge in [0.25, 0.3) is 0 Å². The zero-order valence-corrected chi connectivity index (χ0v) is 8.76. The van der Waals surface area contributed by atoms with Crippen molar-refractivity contribution in [2.75, 3.05) is 0 Å². The molecule has 1 unspecified atom stereocenters. The third kappa shape index (κ3) is 1.95. The average Bonchev–Trinajstić information content (AvgIpc) is 2.79. The predicted octanol–water partition coefficient (Wildman–Crippen LogP) is 2.63. The molecule has 3 N–H and O–H groups in total. The molecular weight excluding hydrogens is 200 g/mol. The molecule has 1 atom stereocenters. The molecule has 1 saturated carbocycles. The smallest absolute Gasteiger partial charge is 0.193 e. The first-order chi connectivity index (χ1) is 6.81. The standard InChI is InChI=1S/C10H15ClN2O/c11-9-6-5-8(14-9)10(13-12)7-3-1-2-4-7/h5-7,10,13H,1-4,12H2. The minimum atomic E-state index is 0.116. The van der Waals surface area contributed by atoms with Crippen LogP contribution in [0.2, 0.25) is 5.22 Å². The molecule has 1 heterocycles. The molecular formula is C10H15ClN2O. The first kappa shape index (κ1) is 10.0. The lowest BCUT2D eigenvalue weighted by Gasteiger charge is -2.19. The normalized spacial score (nSPS) is 20.1. The predicted molar refractivity (Wildman–Crippen MR) is 55.7 cm³/mol. The van der Waals surface area contributed by atoms with Gasteiger partial charge in [-0.3, -0.25) is 5.84 Å². The Morgan fingerprint density at radius 3 is 2.64 bits per heavy atom. The Morgan fingerprint density at radius 2 is 2.14 bits per heavy atom. The van der Waals surface area contributed by atoms with E-state index in [2.05, 4.69) is 5.43 Å². The number of hydrogen-bond donors (Lipinski definition) is 2. The van der Waals surface area contributed by atoms with Crippen molar-refractivity contribution in [1.29, 1.82) is 0 Å². The summed E-state index contributed by atoms with van der Waals surface area (Å²) in [6.45, 7) is 0. The van der Waals surface area contributed by atoms with Crippen LogP contribution in [0.15, 0.2) is 16.5 Å². The molecule has 0 aliphatic heterocycles. The van der Waals surface area contributed by atoms with E-state index in [0.29, 0.717) is 11.1 Å². The zero-order chi connectivity index (χ0) is 9.97. The largest absolute Gasteiger partial charge is 0.448 e. The van der Waals surface area contributed by atoms with Gasteiger partial charge >= 0.3 is 0 Å². The van der Waals surface area contributed by atoms with Crippen molar-refractivity contribution in [3.8, 4) is 0 Å². The molecule has 0 radical (unpaired) electrons. The maximum atomic E-state index is 5.73. The van der Waals surface area contributed by atoms with Gasteiger partial charge in [0.2, 0.25) is 0 Å². The summed E-state index contributed by atoms with van der Waals surface area (Å²) in [4.78, 5) is 0. The van der Waals surface area contributed by atoms with Crippen molar-refractivity contribution in [2.45, 2.75) is 31.7 Å². The fraction of sp³-hybridized carbons (Fsp3) is 0.600. The zero-order valence-electron chi connectivity index (χ0n) is 8.00. The summed E-state index contributed by atoms with van der Waals surface area (Å²) in [5.74, 6) is 6.98. The van der Waals surface area contributed by atoms with Crippen LogP contribution in [-0.4, -0.2) is 0 Å². The van der Waals surface area contributed by atoms with Gasteiger partial charge in [-0.15, -0.1) is 0 Å². The van der Waals surface area contributed by atoms with Gasteiger partial charge in [-0.1, -0.05) is 12.8 Å². The molecule has 0 aromatic carbocycles. The quantitative estimate of drug-likeness (QED) is 0.601. The van der Waals surface area contributed by atoms with E-state index in [1.165, 1.54) is 25.7 Å². The second kappa shape index (κ2) is 4.34. The third-order valence-electron chi connectivity index (χ3n) is 2.95. The molecule has 1 aromatic rings. The Hall–Kier alpha value is -0.510. The lowest BCUT2D eigenvalue weighted by molar-refractivity contribution is 0.316. The molecule has 4 heteroatoms. The number of halogens is 1. The van der Waals surface area contributed by atoms with Crippen molar-refractivity contribution >= 4 is 11.6 Å². The molecule has 0 bridgehead atoms. The second-order valence-corrected chi connectivity index (χ2v) is 4.20. The van der Waals surface area contributed by atoms with E-state index < -0.39 is 0 Å². The highest BCUT2D eigenvalue weighted by molar-refractivity contribution is 6.28. The van der Waals surface area contributed by atoms with E-state index in [1.54, 1.807) is 6.07 Å². The Bertz CT molecular complexity index is 294. The Kier molecular flexibility index (Phi) is 3.11. The minimum absolute atomic E-state index is 0.116. The monoisotopic (exact) mass is 214 g/mol. The van der Waals surface area contributed by atoms with Crippen molar-refractivity contribution in [3.63, 3.8) is 0 Å². The van der Waals surface area contributed by atoms with E-state index in [9.17, 15) is 0 Å². The molecule has 0 spiro atoms. The van der Waals surface area contributed by atoms with Gasteiger partial charge in [-0.2, -0.15) is 0 Å². The summed E-state index contributed by atoms with van der Waals surface area (Å²) in [6, 6.07) is 3.77. The fourth-order valence-corrected chi connectivity index (χ4v) is 2.39. The number of nitrogens with one attached hydrogen (secondary N) is 1. The van der Waals surface area contributed by atoms with Crippen molar-refractivity contribution in [1.82, 2.24) is 5.43 Å². The highest BCUT2D eigenvalue weighted by Gasteiger charge is 2.27. The van der Waals surface area contributed by atoms with Crippen molar-refractivity contribution in [3.05, 3.63) is 23.1 Å². The topological polar surface area (TPSA) is 51.2 Å². The maximum Gasteiger partial charge on any atom is 0.193 e. The van der Waals surface area contributed by atoms with Crippen LogP contribution in [0.4, 0.5) is 0 Å². The molecule has 1 aliphatic carbocycles. The molecule has 3 nitrogen and oxygen atoms in total. The van der Waals surface area contributed by atoms with Crippen LogP contribution in [0.1, 0.15) is 37.5 Å². The third-order valence-corrected chi connectivity index (χ3v) is 3.15. The van der Waals surface area contributed by atoms with Crippen molar-refractivity contribution in [2.24, 2.45) is 11.8 Å². The number of hydrogen-bond acceptors (Lipinski definition) is 3. The van der Waals surface area contributed by atoms with Gasteiger partial charge in [-0.25, -0.2) is 5.43 Å². The Balaban J connectivity index is 2.12. The van der Waals surface area contributed by atoms with Gasteiger partial charge < -0.3 is 4.42 Å². The molecule has 1 fully saturated rings. The van der Waals surface area contributed by atoms with Gasteiger partial charge in [0, 0.05) is 0 Å². The molecule has 1 aromatic heterocycles. The molecule has 0 amide bonds. The lowest BCUT2D eigenvalue weighted by Crippen LogP contribution is -2.32. The van der Waals surface area contributed by atoms with Crippen LogP contribution >= 0.6 is 11.6 Å². The number of nitrogens with two attached hydrogens (primary N) is 1. The fourth-order valence-electron chi connectivity index (χ4n) is 2.24. The number of rotatable bonds is 3. The SMILES string of the molecule is NNC(c1ccc(Cl)o1)C1CCCC1. The Labute approximate surface area is 88.6 Å². The molecule has 2 rings (SSSR count). The minimum Gasteiger partial charge on any atom is -0.448 e.